The molecule has 8 heteroatoms. The highest BCUT2D eigenvalue weighted by Gasteiger charge is 2.41. The fraction of sp³-hybridized carbons (Fsp3) is 0.588. The van der Waals surface area contributed by atoms with Crippen molar-refractivity contribution in [1.82, 2.24) is 15.5 Å². The van der Waals surface area contributed by atoms with E-state index in [9.17, 15) is 14.7 Å². The van der Waals surface area contributed by atoms with Gasteiger partial charge in [-0.25, -0.2) is 0 Å². The minimum Gasteiger partial charge on any atom is -0.390 e. The molecule has 228 valence electrons. The van der Waals surface area contributed by atoms with Gasteiger partial charge in [0, 0.05) is 47.1 Å². The van der Waals surface area contributed by atoms with Crippen molar-refractivity contribution in [2.24, 2.45) is 11.8 Å². The molecule has 2 amide bonds. The third-order valence-electron chi connectivity index (χ3n) is 9.02. The number of anilines is 1. The summed E-state index contributed by atoms with van der Waals surface area (Å²) in [5.41, 5.74) is 2.42. The Kier molecular flexibility index (Phi) is 10.2. The number of aliphatic hydroxyl groups is 1. The number of carbonyl (C=O) groups excluding carboxylic acids is 2. The Morgan fingerprint density at radius 2 is 1.81 bits per heavy atom. The van der Waals surface area contributed by atoms with E-state index in [0.29, 0.717) is 29.7 Å². The van der Waals surface area contributed by atoms with Crippen LogP contribution in [-0.2, 0) is 11.2 Å². The molecule has 2 heterocycles. The minimum atomic E-state index is -0.826. The summed E-state index contributed by atoms with van der Waals surface area (Å²) in [6.07, 6.45) is 6.69. The monoisotopic (exact) mass is 592 g/mol. The first kappa shape index (κ1) is 30.9. The number of nitrogens with zero attached hydrogens (tertiary/aromatic N) is 1. The summed E-state index contributed by atoms with van der Waals surface area (Å²) in [5, 5.41) is 21.6. The molecule has 4 N–H and O–H groups in total. The third kappa shape index (κ3) is 7.88. The Hall–Kier alpha value is -2.55. The first-order valence-electron chi connectivity index (χ1n) is 15.8. The number of hydrogen-bond acceptors (Lipinski definition) is 6. The quantitative estimate of drug-likeness (QED) is 0.303. The number of aliphatic hydroxyl groups excluding tert-OH is 1. The Labute approximate surface area is 255 Å². The summed E-state index contributed by atoms with van der Waals surface area (Å²) in [5.74, 6) is 1.54. The van der Waals surface area contributed by atoms with Crippen LogP contribution in [0.25, 0.3) is 0 Å². The van der Waals surface area contributed by atoms with Crippen molar-refractivity contribution in [2.45, 2.75) is 94.3 Å². The molecule has 0 aromatic heterocycles. The number of nitrogens with one attached hydrogen (secondary N) is 3. The van der Waals surface area contributed by atoms with E-state index in [1.54, 1.807) is 11.8 Å². The lowest BCUT2D eigenvalue weighted by Gasteiger charge is -2.47. The third-order valence-corrected chi connectivity index (χ3v) is 10.1. The van der Waals surface area contributed by atoms with Crippen LogP contribution in [0.15, 0.2) is 53.4 Å². The zero-order valence-corrected chi connectivity index (χ0v) is 26.2. The number of rotatable bonds is 9. The average molecular weight is 593 g/mol. The largest absolute Gasteiger partial charge is 0.390 e. The predicted octanol–water partition coefficient (Wildman–Crippen LogP) is 5.09. The molecule has 1 saturated heterocycles. The van der Waals surface area contributed by atoms with Crippen LogP contribution >= 0.6 is 11.8 Å². The van der Waals surface area contributed by atoms with Gasteiger partial charge in [0.1, 0.15) is 0 Å². The molecule has 1 saturated carbocycles. The molecule has 3 aliphatic rings. The fourth-order valence-electron chi connectivity index (χ4n) is 6.92. The van der Waals surface area contributed by atoms with E-state index < -0.39 is 12.1 Å². The van der Waals surface area contributed by atoms with Gasteiger partial charge in [0.25, 0.3) is 5.91 Å². The molecule has 0 bridgehead atoms. The number of hydrogen-bond donors (Lipinski definition) is 4. The normalized spacial score (nSPS) is 24.0. The second-order valence-electron chi connectivity index (χ2n) is 13.4. The van der Waals surface area contributed by atoms with E-state index in [2.05, 4.69) is 33.0 Å². The summed E-state index contributed by atoms with van der Waals surface area (Å²) >= 11 is 1.63. The second-order valence-corrected chi connectivity index (χ2v) is 14.5. The summed E-state index contributed by atoms with van der Waals surface area (Å²) in [6, 6.07) is 15.2. The van der Waals surface area contributed by atoms with E-state index >= 15 is 0 Å². The van der Waals surface area contributed by atoms with Crippen molar-refractivity contribution in [1.29, 1.82) is 0 Å². The van der Waals surface area contributed by atoms with Crippen LogP contribution in [0, 0.1) is 11.8 Å². The zero-order chi connectivity index (χ0) is 29.7. The maximum atomic E-state index is 13.7. The molecule has 7 nitrogen and oxygen atoms in total. The molecule has 0 unspecified atom stereocenters. The molecule has 0 radical (unpaired) electrons. The molecule has 1 aliphatic carbocycles. The Morgan fingerprint density at radius 3 is 2.57 bits per heavy atom. The van der Waals surface area contributed by atoms with Gasteiger partial charge >= 0.3 is 0 Å². The predicted molar refractivity (Wildman–Crippen MR) is 171 cm³/mol. The molecular formula is C34H48N4O3S. The molecule has 2 aliphatic heterocycles. The molecule has 42 heavy (non-hydrogen) atoms. The van der Waals surface area contributed by atoms with Gasteiger partial charge in [-0.1, -0.05) is 43.5 Å². The number of carbonyl (C=O) groups is 2. The van der Waals surface area contributed by atoms with Crippen LogP contribution in [-0.4, -0.2) is 70.9 Å². The lowest BCUT2D eigenvalue weighted by atomic mass is 9.72. The van der Waals surface area contributed by atoms with Crippen molar-refractivity contribution < 1.29 is 14.7 Å². The Balaban J connectivity index is 1.35. The molecule has 5 atom stereocenters. The SMILES string of the molecule is CC(C)(C)NC(=O)[C@@H]1C[C@@H]2CCCC[C@@H]2CN1C[C@H](O)[C@@H](CSc1ccccc1)NC(=O)c1cccc2c1CCCN2. The van der Waals surface area contributed by atoms with Crippen LogP contribution in [0.2, 0.25) is 0 Å². The molecule has 5 rings (SSSR count). The first-order chi connectivity index (χ1) is 20.2. The van der Waals surface area contributed by atoms with Crippen molar-refractivity contribution >= 4 is 29.3 Å². The van der Waals surface area contributed by atoms with Gasteiger partial charge in [-0.15, -0.1) is 11.8 Å². The van der Waals surface area contributed by atoms with Gasteiger partial charge < -0.3 is 21.1 Å². The van der Waals surface area contributed by atoms with Gasteiger partial charge in [-0.3, -0.25) is 14.5 Å². The summed E-state index contributed by atoms with van der Waals surface area (Å²) in [7, 11) is 0. The standard InChI is InChI=1S/C34H48N4O3S/c1-34(2,3)37-33(41)30-19-23-11-7-8-12-24(23)20-38(30)21-31(39)29(22-42-25-13-5-4-6-14-25)36-32(40)27-15-9-17-28-26(27)16-10-18-35-28/h4-6,9,13-15,17,23-24,29-31,35,39H,7-8,10-12,16,18-22H2,1-3H3,(H,36,40)(H,37,41)/t23-,24+,29+,30-,31-/m0/s1. The second kappa shape index (κ2) is 13.8. The van der Waals surface area contributed by atoms with Gasteiger partial charge in [0.2, 0.25) is 5.91 Å². The number of fused-ring (bicyclic) bond motifs is 2. The number of piperidine rings is 1. The van der Waals surface area contributed by atoms with Gasteiger partial charge in [-0.05, 0) is 88.1 Å². The van der Waals surface area contributed by atoms with Crippen LogP contribution in [0.5, 0.6) is 0 Å². The lowest BCUT2D eigenvalue weighted by molar-refractivity contribution is -0.132. The molecule has 2 aromatic rings. The molecule has 2 fully saturated rings. The van der Waals surface area contributed by atoms with Crippen LogP contribution < -0.4 is 16.0 Å². The van der Waals surface area contributed by atoms with Crippen LogP contribution in [0.1, 0.15) is 75.2 Å². The van der Waals surface area contributed by atoms with E-state index in [1.807, 2.05) is 57.2 Å². The van der Waals surface area contributed by atoms with Crippen molar-refractivity contribution in [3.63, 3.8) is 0 Å². The van der Waals surface area contributed by atoms with E-state index in [-0.39, 0.29) is 23.4 Å². The lowest BCUT2D eigenvalue weighted by Crippen LogP contribution is -2.60. The Bertz CT molecular complexity index is 1220. The smallest absolute Gasteiger partial charge is 0.251 e. The fourth-order valence-corrected chi connectivity index (χ4v) is 7.94. The highest BCUT2D eigenvalue weighted by molar-refractivity contribution is 7.99. The number of β-amino-alcohol motifs (C(OH)–C–C–N with tert-alkyl or cyclic N) is 1. The number of thioether (sulfide) groups is 1. The number of benzene rings is 2. The highest BCUT2D eigenvalue weighted by Crippen LogP contribution is 2.39. The van der Waals surface area contributed by atoms with Crippen molar-refractivity contribution in [2.75, 3.05) is 30.7 Å². The van der Waals surface area contributed by atoms with Crippen molar-refractivity contribution in [3.05, 3.63) is 59.7 Å². The van der Waals surface area contributed by atoms with Gasteiger partial charge in [0.05, 0.1) is 18.2 Å². The molecule has 0 spiro atoms. The number of likely N-dealkylation sites (tertiary alicyclic amines) is 1. The van der Waals surface area contributed by atoms with Crippen LogP contribution in [0.3, 0.4) is 0 Å². The van der Waals surface area contributed by atoms with Crippen LogP contribution in [0.4, 0.5) is 5.69 Å². The zero-order valence-electron chi connectivity index (χ0n) is 25.4. The maximum Gasteiger partial charge on any atom is 0.251 e. The molecule has 2 aromatic carbocycles. The van der Waals surface area contributed by atoms with E-state index in [1.165, 1.54) is 25.7 Å². The Morgan fingerprint density at radius 1 is 1.05 bits per heavy atom. The average Bonchev–Trinajstić information content (AvgIpc) is 2.98. The van der Waals surface area contributed by atoms with E-state index in [4.69, 9.17) is 0 Å². The topological polar surface area (TPSA) is 93.7 Å². The summed E-state index contributed by atoms with van der Waals surface area (Å²) < 4.78 is 0. The van der Waals surface area contributed by atoms with Gasteiger partial charge in [0.15, 0.2) is 0 Å². The van der Waals surface area contributed by atoms with Gasteiger partial charge in [-0.2, -0.15) is 0 Å². The first-order valence-corrected chi connectivity index (χ1v) is 16.7. The summed E-state index contributed by atoms with van der Waals surface area (Å²) in [6.45, 7) is 8.12. The molecular weight excluding hydrogens is 544 g/mol. The number of amides is 2. The highest BCUT2D eigenvalue weighted by atomic mass is 32.2. The van der Waals surface area contributed by atoms with Crippen molar-refractivity contribution in [3.8, 4) is 0 Å². The maximum absolute atomic E-state index is 13.7. The van der Waals surface area contributed by atoms with E-state index in [0.717, 1.165) is 48.5 Å². The summed E-state index contributed by atoms with van der Waals surface area (Å²) in [4.78, 5) is 30.6. The minimum absolute atomic E-state index is 0.0429.